The van der Waals surface area contributed by atoms with Crippen molar-refractivity contribution in [1.29, 1.82) is 0 Å². The molecular formula is C36H39N3O3. The summed E-state index contributed by atoms with van der Waals surface area (Å²) in [6, 6.07) is 35.2. The van der Waals surface area contributed by atoms with Crippen molar-refractivity contribution in [3.63, 3.8) is 0 Å². The SMILES string of the molecule is CNC[C@@H](Cc1ccc2ccccc2c1)NC[C@H](Cc1cccc2ccccc12)NC(=O)c1ccc(OC)c(OC)c1. The Labute approximate surface area is 248 Å². The highest BCUT2D eigenvalue weighted by atomic mass is 16.5. The zero-order chi connectivity index (χ0) is 29.3. The second-order valence-corrected chi connectivity index (χ2v) is 10.6. The third-order valence-corrected chi connectivity index (χ3v) is 7.73. The van der Waals surface area contributed by atoms with E-state index in [-0.39, 0.29) is 18.0 Å². The summed E-state index contributed by atoms with van der Waals surface area (Å²) in [5, 5.41) is 15.3. The quantitative estimate of drug-likeness (QED) is 0.170. The molecule has 0 bridgehead atoms. The van der Waals surface area contributed by atoms with E-state index < -0.39 is 0 Å². The van der Waals surface area contributed by atoms with Crippen molar-refractivity contribution in [1.82, 2.24) is 16.0 Å². The van der Waals surface area contributed by atoms with E-state index in [4.69, 9.17) is 9.47 Å². The first-order chi connectivity index (χ1) is 20.6. The number of amides is 1. The van der Waals surface area contributed by atoms with Gasteiger partial charge in [0.15, 0.2) is 11.5 Å². The number of hydrogen-bond acceptors (Lipinski definition) is 5. The summed E-state index contributed by atoms with van der Waals surface area (Å²) in [4.78, 5) is 13.5. The van der Waals surface area contributed by atoms with Gasteiger partial charge in [0.25, 0.3) is 5.91 Å². The summed E-state index contributed by atoms with van der Waals surface area (Å²) in [6.07, 6.45) is 1.56. The Morgan fingerprint density at radius 2 is 1.43 bits per heavy atom. The minimum atomic E-state index is -0.150. The van der Waals surface area contributed by atoms with Crippen molar-refractivity contribution in [3.05, 3.63) is 120 Å². The predicted molar refractivity (Wildman–Crippen MR) is 172 cm³/mol. The zero-order valence-corrected chi connectivity index (χ0v) is 24.5. The van der Waals surface area contributed by atoms with Crippen molar-refractivity contribution in [2.24, 2.45) is 0 Å². The lowest BCUT2D eigenvalue weighted by Gasteiger charge is -2.25. The van der Waals surface area contributed by atoms with Crippen LogP contribution in [0.3, 0.4) is 0 Å². The summed E-state index contributed by atoms with van der Waals surface area (Å²) in [5.41, 5.74) is 3.01. The molecule has 0 aliphatic carbocycles. The third-order valence-electron chi connectivity index (χ3n) is 7.73. The maximum Gasteiger partial charge on any atom is 0.251 e. The first-order valence-electron chi connectivity index (χ1n) is 14.4. The van der Waals surface area contributed by atoms with Crippen molar-refractivity contribution >= 4 is 27.5 Å². The zero-order valence-electron chi connectivity index (χ0n) is 24.5. The van der Waals surface area contributed by atoms with E-state index in [0.717, 1.165) is 13.0 Å². The molecule has 216 valence electrons. The Morgan fingerprint density at radius 3 is 2.21 bits per heavy atom. The second-order valence-electron chi connectivity index (χ2n) is 10.6. The normalized spacial score (nSPS) is 12.6. The van der Waals surface area contributed by atoms with Crippen LogP contribution in [0.25, 0.3) is 21.5 Å². The van der Waals surface area contributed by atoms with Gasteiger partial charge in [-0.25, -0.2) is 0 Å². The average molecular weight is 562 g/mol. The van der Waals surface area contributed by atoms with Gasteiger partial charge in [-0.3, -0.25) is 4.79 Å². The molecule has 0 aliphatic heterocycles. The molecule has 3 N–H and O–H groups in total. The van der Waals surface area contributed by atoms with E-state index in [0.29, 0.717) is 30.0 Å². The molecule has 0 heterocycles. The second kappa shape index (κ2) is 14.0. The van der Waals surface area contributed by atoms with Gasteiger partial charge < -0.3 is 25.4 Å². The number of fused-ring (bicyclic) bond motifs is 2. The van der Waals surface area contributed by atoms with Gasteiger partial charge >= 0.3 is 0 Å². The first-order valence-corrected chi connectivity index (χ1v) is 14.4. The van der Waals surface area contributed by atoms with Gasteiger partial charge in [-0.1, -0.05) is 84.9 Å². The Balaban J connectivity index is 1.36. The van der Waals surface area contributed by atoms with Crippen LogP contribution in [0.4, 0.5) is 0 Å². The number of methoxy groups -OCH3 is 2. The molecular weight excluding hydrogens is 522 g/mol. The minimum Gasteiger partial charge on any atom is -0.493 e. The summed E-state index contributed by atoms with van der Waals surface area (Å²) in [6.45, 7) is 1.42. The number of hydrogen-bond donors (Lipinski definition) is 3. The average Bonchev–Trinajstić information content (AvgIpc) is 3.03. The smallest absolute Gasteiger partial charge is 0.251 e. The predicted octanol–water partition coefficient (Wildman–Crippen LogP) is 5.77. The molecule has 42 heavy (non-hydrogen) atoms. The lowest BCUT2D eigenvalue weighted by Crippen LogP contribution is -2.48. The number of carbonyl (C=O) groups is 1. The molecule has 0 saturated heterocycles. The summed E-state index contributed by atoms with van der Waals surface area (Å²) in [7, 11) is 5.13. The van der Waals surface area contributed by atoms with E-state index in [1.54, 1.807) is 32.4 Å². The number of benzene rings is 5. The van der Waals surface area contributed by atoms with E-state index in [1.807, 2.05) is 7.05 Å². The van der Waals surface area contributed by atoms with E-state index in [2.05, 4.69) is 101 Å². The van der Waals surface area contributed by atoms with Crippen molar-refractivity contribution in [2.75, 3.05) is 34.4 Å². The molecule has 0 saturated carbocycles. The highest BCUT2D eigenvalue weighted by molar-refractivity contribution is 5.95. The fourth-order valence-corrected chi connectivity index (χ4v) is 5.58. The molecule has 1 amide bonds. The fourth-order valence-electron chi connectivity index (χ4n) is 5.58. The Bertz CT molecular complexity index is 1650. The molecule has 0 spiro atoms. The van der Waals surface area contributed by atoms with Crippen LogP contribution in [0.2, 0.25) is 0 Å². The van der Waals surface area contributed by atoms with Gasteiger partial charge in [-0.15, -0.1) is 0 Å². The Hall–Kier alpha value is -4.39. The van der Waals surface area contributed by atoms with Gasteiger partial charge in [-0.2, -0.15) is 0 Å². The number of nitrogens with one attached hydrogen (secondary N) is 3. The number of ether oxygens (including phenoxy) is 2. The molecule has 5 rings (SSSR count). The molecule has 0 aliphatic rings. The molecule has 0 radical (unpaired) electrons. The number of likely N-dealkylation sites (N-methyl/N-ethyl adjacent to an activating group) is 1. The maximum absolute atomic E-state index is 13.5. The van der Waals surface area contributed by atoms with Crippen LogP contribution in [0.1, 0.15) is 21.5 Å². The molecule has 0 unspecified atom stereocenters. The molecule has 5 aromatic carbocycles. The van der Waals surface area contributed by atoms with Gasteiger partial charge in [0.2, 0.25) is 0 Å². The highest BCUT2D eigenvalue weighted by Crippen LogP contribution is 2.28. The highest BCUT2D eigenvalue weighted by Gasteiger charge is 2.19. The van der Waals surface area contributed by atoms with Gasteiger partial charge in [-0.05, 0) is 70.8 Å². The Morgan fingerprint density at radius 1 is 0.690 bits per heavy atom. The van der Waals surface area contributed by atoms with Crippen molar-refractivity contribution in [2.45, 2.75) is 24.9 Å². The minimum absolute atomic E-state index is 0.146. The summed E-state index contributed by atoms with van der Waals surface area (Å²) in [5.74, 6) is 0.965. The van der Waals surface area contributed by atoms with Crippen LogP contribution in [0, 0.1) is 0 Å². The summed E-state index contributed by atoms with van der Waals surface area (Å²) >= 11 is 0. The Kier molecular flexibility index (Phi) is 9.70. The molecule has 0 fully saturated rings. The van der Waals surface area contributed by atoms with Crippen LogP contribution >= 0.6 is 0 Å². The first kappa shape index (κ1) is 29.1. The molecule has 5 aromatic rings. The molecule has 6 heteroatoms. The fraction of sp³-hybridized carbons (Fsp3) is 0.250. The lowest BCUT2D eigenvalue weighted by atomic mass is 9.97. The van der Waals surface area contributed by atoms with Gasteiger partial charge in [0, 0.05) is 30.7 Å². The number of carbonyl (C=O) groups excluding carboxylic acids is 1. The van der Waals surface area contributed by atoms with Crippen LogP contribution in [0.15, 0.2) is 103 Å². The number of rotatable bonds is 13. The standard InChI is InChI=1S/C36H39N3O3/c1-37-23-31(20-25-15-16-26-9-4-5-11-28(26)19-25)38-24-32(21-29-13-8-12-27-10-6-7-14-33(27)29)39-36(40)30-17-18-34(41-2)35(22-30)42-3/h4-19,22,31-32,37-38H,20-21,23-24H2,1-3H3,(H,39,40)/t31-,32+/m1/s1. The maximum atomic E-state index is 13.5. The summed E-state index contributed by atoms with van der Waals surface area (Å²) < 4.78 is 10.8. The topological polar surface area (TPSA) is 71.6 Å². The van der Waals surface area contributed by atoms with Crippen LogP contribution in [-0.2, 0) is 12.8 Å². The molecule has 6 nitrogen and oxygen atoms in total. The van der Waals surface area contributed by atoms with E-state index in [9.17, 15) is 4.79 Å². The lowest BCUT2D eigenvalue weighted by molar-refractivity contribution is 0.0935. The largest absolute Gasteiger partial charge is 0.493 e. The monoisotopic (exact) mass is 561 g/mol. The van der Waals surface area contributed by atoms with Crippen LogP contribution in [-0.4, -0.2) is 52.3 Å². The van der Waals surface area contributed by atoms with Gasteiger partial charge in [0.1, 0.15) is 0 Å². The van der Waals surface area contributed by atoms with Gasteiger partial charge in [0.05, 0.1) is 14.2 Å². The molecule has 0 aromatic heterocycles. The molecule has 2 atom stereocenters. The van der Waals surface area contributed by atoms with Crippen LogP contribution < -0.4 is 25.4 Å². The van der Waals surface area contributed by atoms with Crippen molar-refractivity contribution < 1.29 is 14.3 Å². The van der Waals surface area contributed by atoms with Crippen molar-refractivity contribution in [3.8, 4) is 11.5 Å². The van der Waals surface area contributed by atoms with E-state index in [1.165, 1.54) is 32.7 Å². The van der Waals surface area contributed by atoms with Crippen LogP contribution in [0.5, 0.6) is 11.5 Å². The third kappa shape index (κ3) is 7.08. The van der Waals surface area contributed by atoms with E-state index >= 15 is 0 Å².